The monoisotopic (exact) mass is 784 g/mol. The van der Waals surface area contributed by atoms with Crippen molar-refractivity contribution in [1.82, 2.24) is 19.9 Å². The van der Waals surface area contributed by atoms with Gasteiger partial charge in [0.25, 0.3) is 0 Å². The summed E-state index contributed by atoms with van der Waals surface area (Å²) in [5.74, 6) is 1.86. The Bertz CT molecular complexity index is 3580. The lowest BCUT2D eigenvalue weighted by Gasteiger charge is -2.11. The highest BCUT2D eigenvalue weighted by molar-refractivity contribution is 7.26. The van der Waals surface area contributed by atoms with Gasteiger partial charge in [0.2, 0.25) is 0 Å². The zero-order valence-corrected chi connectivity index (χ0v) is 32.9. The number of rotatable bonds is 6. The largest absolute Gasteiger partial charge is 0.455 e. The Balaban J connectivity index is 0.984. The van der Waals surface area contributed by atoms with E-state index in [0.29, 0.717) is 17.5 Å². The van der Waals surface area contributed by atoms with Gasteiger partial charge in [0, 0.05) is 64.1 Å². The van der Waals surface area contributed by atoms with Crippen LogP contribution in [0.3, 0.4) is 0 Å². The van der Waals surface area contributed by atoms with Gasteiger partial charge in [-0.25, -0.2) is 19.9 Å². The van der Waals surface area contributed by atoms with E-state index in [9.17, 15) is 0 Å². The molecule has 0 bridgehead atoms. The fourth-order valence-electron chi connectivity index (χ4n) is 8.38. The molecule has 4 aromatic heterocycles. The highest BCUT2D eigenvalue weighted by atomic mass is 32.1. The van der Waals surface area contributed by atoms with Crippen molar-refractivity contribution >= 4 is 64.4 Å². The number of benzene rings is 8. The number of para-hydroxylation sites is 2. The summed E-state index contributed by atoms with van der Waals surface area (Å²) >= 11 is 1.82. The molecule has 0 saturated carbocycles. The summed E-state index contributed by atoms with van der Waals surface area (Å²) in [5, 5.41) is 5.73. The predicted octanol–water partition coefficient (Wildman–Crippen LogP) is 14.7. The van der Waals surface area contributed by atoms with Gasteiger partial charge in [0.1, 0.15) is 11.2 Å². The Hall–Kier alpha value is -7.80. The second-order valence-corrected chi connectivity index (χ2v) is 16.0. The smallest absolute Gasteiger partial charge is 0.164 e. The lowest BCUT2D eigenvalue weighted by atomic mass is 9.98. The van der Waals surface area contributed by atoms with E-state index in [1.165, 1.54) is 20.3 Å². The van der Waals surface area contributed by atoms with E-state index >= 15 is 0 Å². The van der Waals surface area contributed by atoms with E-state index < -0.39 is 0 Å². The molecule has 0 saturated heterocycles. The molecule has 12 aromatic rings. The van der Waals surface area contributed by atoms with Gasteiger partial charge in [-0.2, -0.15) is 0 Å². The number of aromatic nitrogens is 4. The maximum Gasteiger partial charge on any atom is 0.164 e. The minimum Gasteiger partial charge on any atom is -0.455 e. The maximum atomic E-state index is 6.45. The molecule has 6 heteroatoms. The molecule has 0 radical (unpaired) electrons. The van der Waals surface area contributed by atoms with E-state index in [1.54, 1.807) is 0 Å². The SMILES string of the molecule is c1ccc(-c2ccc(-c3nc(-c4ccccc4)nc(-c4ccc(-c5nc6cc(-c7cccc8c7oc7ccccc78)ccc6c6sc7ccccc7c56)cc4)n3)cc2)cc1. The molecule has 0 amide bonds. The summed E-state index contributed by atoms with van der Waals surface area (Å²) < 4.78 is 8.91. The summed E-state index contributed by atoms with van der Waals surface area (Å²) in [6, 6.07) is 67.3. The number of furan rings is 1. The molecule has 0 spiro atoms. The van der Waals surface area contributed by atoms with Gasteiger partial charge >= 0.3 is 0 Å². The summed E-state index contributed by atoms with van der Waals surface area (Å²) in [5.41, 5.74) is 11.9. The Morgan fingerprint density at radius 3 is 1.62 bits per heavy atom. The second kappa shape index (κ2) is 13.9. The topological polar surface area (TPSA) is 64.7 Å². The Kier molecular flexibility index (Phi) is 7.96. The van der Waals surface area contributed by atoms with Gasteiger partial charge in [0.05, 0.1) is 11.2 Å². The summed E-state index contributed by atoms with van der Waals surface area (Å²) in [7, 11) is 0. The normalized spacial score (nSPS) is 11.7. The Labute approximate surface area is 348 Å². The Morgan fingerprint density at radius 1 is 0.367 bits per heavy atom. The minimum atomic E-state index is 0.611. The number of pyridine rings is 1. The van der Waals surface area contributed by atoms with Gasteiger partial charge < -0.3 is 4.42 Å². The number of hydrogen-bond acceptors (Lipinski definition) is 6. The van der Waals surface area contributed by atoms with Crippen molar-refractivity contribution in [1.29, 1.82) is 0 Å². The first-order valence-electron chi connectivity index (χ1n) is 20.0. The van der Waals surface area contributed by atoms with Crippen LogP contribution in [-0.2, 0) is 0 Å². The van der Waals surface area contributed by atoms with Crippen LogP contribution < -0.4 is 0 Å². The van der Waals surface area contributed by atoms with Crippen molar-refractivity contribution in [3.05, 3.63) is 194 Å². The lowest BCUT2D eigenvalue weighted by Crippen LogP contribution is -2.00. The molecule has 12 rings (SSSR count). The molecule has 0 atom stereocenters. The third-order valence-corrected chi connectivity index (χ3v) is 12.6. The van der Waals surface area contributed by atoms with Crippen LogP contribution in [0, 0.1) is 0 Å². The van der Waals surface area contributed by atoms with Crippen LogP contribution in [0.5, 0.6) is 0 Å². The van der Waals surface area contributed by atoms with E-state index in [2.05, 4.69) is 146 Å². The first-order chi connectivity index (χ1) is 29.7. The van der Waals surface area contributed by atoms with Crippen molar-refractivity contribution in [3.8, 4) is 67.7 Å². The van der Waals surface area contributed by atoms with E-state index in [1.807, 2.05) is 59.9 Å². The Morgan fingerprint density at radius 2 is 0.900 bits per heavy atom. The van der Waals surface area contributed by atoms with Crippen LogP contribution >= 0.6 is 11.3 Å². The molecule has 5 nitrogen and oxygen atoms in total. The van der Waals surface area contributed by atoms with Gasteiger partial charge in [-0.3, -0.25) is 0 Å². The third-order valence-electron chi connectivity index (χ3n) is 11.4. The van der Waals surface area contributed by atoms with Crippen molar-refractivity contribution in [2.75, 3.05) is 0 Å². The molecule has 60 heavy (non-hydrogen) atoms. The first kappa shape index (κ1) is 34.3. The van der Waals surface area contributed by atoms with E-state index in [4.69, 9.17) is 24.4 Å². The first-order valence-corrected chi connectivity index (χ1v) is 20.8. The average molecular weight is 785 g/mol. The van der Waals surface area contributed by atoms with Gasteiger partial charge in [-0.1, -0.05) is 176 Å². The summed E-state index contributed by atoms with van der Waals surface area (Å²) in [6.45, 7) is 0. The van der Waals surface area contributed by atoms with Crippen LogP contribution in [0.1, 0.15) is 0 Å². The van der Waals surface area contributed by atoms with Crippen molar-refractivity contribution in [3.63, 3.8) is 0 Å². The fraction of sp³-hybridized carbons (Fsp3) is 0. The summed E-state index contributed by atoms with van der Waals surface area (Å²) in [6.07, 6.45) is 0. The highest BCUT2D eigenvalue weighted by Gasteiger charge is 2.19. The standard InChI is InChI=1S/C54H32N4OS/c1-3-12-33(13-4-1)34-22-26-37(27-23-34)53-56-52(36-14-5-2-6-15-36)57-54(58-53)38-28-24-35(25-29-38)49-48-44-17-8-10-21-47(44)60-51(48)43-31-30-39(32-45(43)55-49)40-18-11-19-42-41-16-7-9-20-46(41)59-50(40)42/h1-32H. The van der Waals surface area contributed by atoms with Gasteiger partial charge in [-0.15, -0.1) is 11.3 Å². The third kappa shape index (κ3) is 5.76. The van der Waals surface area contributed by atoms with E-state index in [-0.39, 0.29) is 0 Å². The zero-order chi connectivity index (χ0) is 39.6. The zero-order valence-electron chi connectivity index (χ0n) is 32.1. The molecule has 280 valence electrons. The number of thiophene rings is 1. The minimum absolute atomic E-state index is 0.611. The summed E-state index contributed by atoms with van der Waals surface area (Å²) in [4.78, 5) is 20.5. The fourth-order valence-corrected chi connectivity index (χ4v) is 9.62. The van der Waals surface area contributed by atoms with Gasteiger partial charge in [-0.05, 0) is 34.9 Å². The van der Waals surface area contributed by atoms with Crippen molar-refractivity contribution in [2.45, 2.75) is 0 Å². The molecule has 4 heterocycles. The molecular formula is C54H32N4OS. The number of fused-ring (bicyclic) bond motifs is 8. The van der Waals surface area contributed by atoms with E-state index in [0.717, 1.165) is 82.9 Å². The molecule has 0 aliphatic heterocycles. The van der Waals surface area contributed by atoms with Crippen LogP contribution in [-0.4, -0.2) is 19.9 Å². The average Bonchev–Trinajstić information content (AvgIpc) is 3.91. The second-order valence-electron chi connectivity index (χ2n) is 15.0. The molecule has 0 aliphatic carbocycles. The van der Waals surface area contributed by atoms with Crippen molar-refractivity contribution in [2.24, 2.45) is 0 Å². The maximum absolute atomic E-state index is 6.45. The lowest BCUT2D eigenvalue weighted by molar-refractivity contribution is 0.670. The highest BCUT2D eigenvalue weighted by Crippen LogP contribution is 2.44. The molecule has 0 aliphatic rings. The molecule has 0 fully saturated rings. The van der Waals surface area contributed by atoms with Crippen LogP contribution in [0.15, 0.2) is 199 Å². The van der Waals surface area contributed by atoms with Gasteiger partial charge in [0.15, 0.2) is 17.5 Å². The molecule has 0 N–H and O–H groups in total. The molecular weight excluding hydrogens is 753 g/mol. The van der Waals surface area contributed by atoms with Crippen LogP contribution in [0.2, 0.25) is 0 Å². The molecule has 0 unspecified atom stereocenters. The number of nitrogens with zero attached hydrogens (tertiary/aromatic N) is 4. The molecule has 8 aromatic carbocycles. The predicted molar refractivity (Wildman–Crippen MR) is 248 cm³/mol. The van der Waals surface area contributed by atoms with Crippen molar-refractivity contribution < 1.29 is 4.42 Å². The van der Waals surface area contributed by atoms with Crippen LogP contribution in [0.25, 0.3) is 121 Å². The number of hydrogen-bond donors (Lipinski definition) is 0. The quantitative estimate of drug-likeness (QED) is 0.168. The van der Waals surface area contributed by atoms with Crippen LogP contribution in [0.4, 0.5) is 0 Å².